The number of rotatable bonds is 5. The van der Waals surface area contributed by atoms with Gasteiger partial charge < -0.3 is 5.11 Å². The molecule has 6 nitrogen and oxygen atoms in total. The van der Waals surface area contributed by atoms with E-state index in [9.17, 15) is 24.2 Å². The van der Waals surface area contributed by atoms with E-state index in [4.69, 9.17) is 0 Å². The van der Waals surface area contributed by atoms with Crippen molar-refractivity contribution in [2.24, 2.45) is 0 Å². The zero-order valence-corrected chi connectivity index (χ0v) is 11.6. The minimum Gasteiger partial charge on any atom is -0.477 e. The van der Waals surface area contributed by atoms with Crippen molar-refractivity contribution in [3.05, 3.63) is 39.4 Å². The van der Waals surface area contributed by atoms with Gasteiger partial charge in [0.1, 0.15) is 5.56 Å². The highest BCUT2D eigenvalue weighted by Gasteiger charge is 2.27. The maximum Gasteiger partial charge on any atom is 0.343 e. The third kappa shape index (κ3) is 3.04. The summed E-state index contributed by atoms with van der Waals surface area (Å²) in [6.07, 6.45) is 3.84. The van der Waals surface area contributed by atoms with Gasteiger partial charge in [0.15, 0.2) is 0 Å². The molecule has 1 aromatic rings. The van der Waals surface area contributed by atoms with Gasteiger partial charge in [0, 0.05) is 27.9 Å². The van der Waals surface area contributed by atoms with E-state index in [0.717, 1.165) is 31.7 Å². The van der Waals surface area contributed by atoms with Crippen LogP contribution in [0.5, 0.6) is 0 Å². The van der Waals surface area contributed by atoms with Crippen molar-refractivity contribution >= 4 is 22.5 Å². The van der Waals surface area contributed by atoms with Crippen LogP contribution < -0.4 is 0 Å². The summed E-state index contributed by atoms with van der Waals surface area (Å²) in [5.41, 5.74) is -0.515. The molecule has 1 N–H and O–H groups in total. The number of carboxylic acids is 1. The van der Waals surface area contributed by atoms with Crippen LogP contribution in [0.25, 0.3) is 0 Å². The van der Waals surface area contributed by atoms with Crippen molar-refractivity contribution in [2.75, 3.05) is 0 Å². The lowest BCUT2D eigenvalue weighted by molar-refractivity contribution is -0.385. The van der Waals surface area contributed by atoms with Crippen LogP contribution in [0.3, 0.4) is 0 Å². The lowest BCUT2D eigenvalue weighted by Crippen LogP contribution is -2.15. The molecular formula is C13H15NO5S. The van der Waals surface area contributed by atoms with Gasteiger partial charge in [-0.1, -0.05) is 25.0 Å². The summed E-state index contributed by atoms with van der Waals surface area (Å²) in [6, 6.07) is 4.10. The lowest BCUT2D eigenvalue weighted by Gasteiger charge is -2.11. The molecule has 20 heavy (non-hydrogen) atoms. The van der Waals surface area contributed by atoms with Crippen LogP contribution in [0.15, 0.2) is 18.2 Å². The Hall–Kier alpha value is -1.76. The molecule has 0 amide bonds. The molecule has 0 spiro atoms. The van der Waals surface area contributed by atoms with E-state index < -0.39 is 27.4 Å². The number of nitro groups is 1. The van der Waals surface area contributed by atoms with Crippen molar-refractivity contribution in [1.82, 2.24) is 0 Å². The number of hydrogen-bond acceptors (Lipinski definition) is 4. The van der Waals surface area contributed by atoms with Gasteiger partial charge in [-0.25, -0.2) is 4.79 Å². The molecule has 108 valence electrons. The molecule has 0 aromatic heterocycles. The van der Waals surface area contributed by atoms with Crippen molar-refractivity contribution < 1.29 is 19.0 Å². The average molecular weight is 297 g/mol. The van der Waals surface area contributed by atoms with Crippen LogP contribution >= 0.6 is 0 Å². The Labute approximate surface area is 118 Å². The molecule has 7 heteroatoms. The second-order valence-corrected chi connectivity index (χ2v) is 6.52. The first-order valence-electron chi connectivity index (χ1n) is 6.37. The smallest absolute Gasteiger partial charge is 0.343 e. The van der Waals surface area contributed by atoms with Crippen LogP contribution in [0.4, 0.5) is 5.69 Å². The molecule has 1 atom stereocenters. The number of benzene rings is 1. The van der Waals surface area contributed by atoms with E-state index in [2.05, 4.69) is 0 Å². The number of nitrogens with zero attached hydrogens (tertiary/aromatic N) is 1. The fourth-order valence-corrected chi connectivity index (χ4v) is 4.17. The Bertz CT molecular complexity index is 566. The molecule has 0 saturated heterocycles. The lowest BCUT2D eigenvalue weighted by atomic mass is 10.1. The van der Waals surface area contributed by atoms with E-state index in [-0.39, 0.29) is 22.1 Å². The fourth-order valence-electron chi connectivity index (χ4n) is 2.53. The highest BCUT2D eigenvalue weighted by molar-refractivity contribution is 7.84. The quantitative estimate of drug-likeness (QED) is 0.665. The monoisotopic (exact) mass is 297 g/mol. The summed E-state index contributed by atoms with van der Waals surface area (Å²) in [4.78, 5) is 21.4. The third-order valence-corrected chi connectivity index (χ3v) is 5.32. The first-order valence-corrected chi connectivity index (χ1v) is 7.75. The maximum absolute atomic E-state index is 12.2. The normalized spacial score (nSPS) is 17.0. The molecule has 0 aliphatic heterocycles. The summed E-state index contributed by atoms with van der Waals surface area (Å²) in [7, 11) is -1.18. The molecule has 0 radical (unpaired) electrons. The van der Waals surface area contributed by atoms with Crippen molar-refractivity contribution in [3.63, 3.8) is 0 Å². The molecule has 1 fully saturated rings. The molecule has 0 heterocycles. The topological polar surface area (TPSA) is 97.5 Å². The SMILES string of the molecule is O=C(O)c1c(CS(=O)C2CCCC2)cccc1[N+](=O)[O-]. The molecule has 1 saturated carbocycles. The minimum atomic E-state index is -1.35. The number of hydrogen-bond donors (Lipinski definition) is 1. The van der Waals surface area contributed by atoms with Gasteiger partial charge in [-0.2, -0.15) is 0 Å². The molecule has 1 unspecified atom stereocenters. The molecule has 1 aliphatic carbocycles. The largest absolute Gasteiger partial charge is 0.477 e. The first-order chi connectivity index (χ1) is 9.50. The Morgan fingerprint density at radius 2 is 2.05 bits per heavy atom. The highest BCUT2D eigenvalue weighted by Crippen LogP contribution is 2.28. The fraction of sp³-hybridized carbons (Fsp3) is 0.462. The second-order valence-electron chi connectivity index (χ2n) is 4.81. The zero-order chi connectivity index (χ0) is 14.7. The van der Waals surface area contributed by atoms with E-state index in [0.29, 0.717) is 0 Å². The third-order valence-electron chi connectivity index (χ3n) is 3.51. The molecule has 0 bridgehead atoms. The van der Waals surface area contributed by atoms with Gasteiger partial charge in [-0.05, 0) is 18.4 Å². The summed E-state index contributed by atoms with van der Waals surface area (Å²) < 4.78 is 12.2. The Morgan fingerprint density at radius 1 is 1.40 bits per heavy atom. The van der Waals surface area contributed by atoms with Crippen molar-refractivity contribution in [1.29, 1.82) is 0 Å². The van der Waals surface area contributed by atoms with E-state index >= 15 is 0 Å². The van der Waals surface area contributed by atoms with Crippen LogP contribution in [0, 0.1) is 10.1 Å². The minimum absolute atomic E-state index is 0.0635. The maximum atomic E-state index is 12.2. The van der Waals surface area contributed by atoms with E-state index in [1.54, 1.807) is 0 Å². The highest BCUT2D eigenvalue weighted by atomic mass is 32.2. The molecule has 1 aliphatic rings. The van der Waals surface area contributed by atoms with Gasteiger partial charge in [0.2, 0.25) is 0 Å². The van der Waals surface area contributed by atoms with Gasteiger partial charge >= 0.3 is 5.97 Å². The number of carbonyl (C=O) groups is 1. The van der Waals surface area contributed by atoms with Crippen LogP contribution in [0.1, 0.15) is 41.6 Å². The molecule has 2 rings (SSSR count). The predicted molar refractivity (Wildman–Crippen MR) is 74.2 cm³/mol. The number of nitro benzene ring substituents is 1. The summed E-state index contributed by atoms with van der Waals surface area (Å²) in [5.74, 6) is -1.29. The Morgan fingerprint density at radius 3 is 2.60 bits per heavy atom. The van der Waals surface area contributed by atoms with Crippen molar-refractivity contribution in [2.45, 2.75) is 36.7 Å². The van der Waals surface area contributed by atoms with Gasteiger partial charge in [0.05, 0.1) is 4.92 Å². The van der Waals surface area contributed by atoms with Crippen LogP contribution in [-0.4, -0.2) is 25.5 Å². The first kappa shape index (κ1) is 14.6. The molecular weight excluding hydrogens is 282 g/mol. The van der Waals surface area contributed by atoms with Gasteiger partial charge in [-0.15, -0.1) is 0 Å². The van der Waals surface area contributed by atoms with Crippen LogP contribution in [0.2, 0.25) is 0 Å². The number of carboxylic acid groups (broad SMARTS) is 1. The average Bonchev–Trinajstić information content (AvgIpc) is 2.91. The predicted octanol–water partition coefficient (Wildman–Crippen LogP) is 2.48. The Kier molecular flexibility index (Phi) is 4.49. The zero-order valence-electron chi connectivity index (χ0n) is 10.8. The van der Waals surface area contributed by atoms with Gasteiger partial charge in [0.25, 0.3) is 5.69 Å². The van der Waals surface area contributed by atoms with Crippen LogP contribution in [-0.2, 0) is 16.6 Å². The molecule has 1 aromatic carbocycles. The van der Waals surface area contributed by atoms with E-state index in [1.165, 1.54) is 12.1 Å². The second kappa shape index (κ2) is 6.13. The summed E-state index contributed by atoms with van der Waals surface area (Å²) in [5, 5.41) is 20.1. The van der Waals surface area contributed by atoms with Gasteiger partial charge in [-0.3, -0.25) is 14.3 Å². The standard InChI is InChI=1S/C13H15NO5S/c15-13(16)12-9(4-3-7-11(12)14(17)18)8-20(19)10-5-1-2-6-10/h3-4,7,10H,1-2,5-6,8H2,(H,15,16). The van der Waals surface area contributed by atoms with E-state index in [1.807, 2.05) is 0 Å². The summed E-state index contributed by atoms with van der Waals surface area (Å²) >= 11 is 0. The van der Waals surface area contributed by atoms with Crippen molar-refractivity contribution in [3.8, 4) is 0 Å². The Balaban J connectivity index is 2.31. The summed E-state index contributed by atoms with van der Waals surface area (Å²) in [6.45, 7) is 0. The number of aromatic carboxylic acids is 1.